The number of alkyl carbamates (subject to hydrolysis) is 1. The van der Waals surface area contributed by atoms with Crippen molar-refractivity contribution in [3.8, 4) is 0 Å². The summed E-state index contributed by atoms with van der Waals surface area (Å²) in [6.07, 6.45) is 5.78. The van der Waals surface area contributed by atoms with Gasteiger partial charge in [0.15, 0.2) is 0 Å². The van der Waals surface area contributed by atoms with E-state index in [-0.39, 0.29) is 24.8 Å². The van der Waals surface area contributed by atoms with Gasteiger partial charge in [-0.25, -0.2) is 4.79 Å². The third-order valence-electron chi connectivity index (χ3n) is 7.63. The van der Waals surface area contributed by atoms with E-state index in [2.05, 4.69) is 29.8 Å². The second-order valence-electron chi connectivity index (χ2n) is 12.6. The van der Waals surface area contributed by atoms with Gasteiger partial charge in [0.05, 0.1) is 18.7 Å². The molecule has 0 aliphatic heterocycles. The van der Waals surface area contributed by atoms with Gasteiger partial charge in [-0.15, -0.1) is 0 Å². The molecule has 0 aromatic heterocycles. The van der Waals surface area contributed by atoms with E-state index in [4.69, 9.17) is 10.5 Å². The summed E-state index contributed by atoms with van der Waals surface area (Å²) < 4.78 is 5.34. The van der Waals surface area contributed by atoms with Crippen LogP contribution in [0.4, 0.5) is 4.79 Å². The number of hydrogen-bond acceptors (Lipinski definition) is 6. The minimum Gasteiger partial charge on any atom is -0.444 e. The molecule has 226 valence electrons. The molecule has 0 spiro atoms. The number of carbonyl (C=O) groups excluding carboxylic acids is 3. The van der Waals surface area contributed by atoms with Crippen LogP contribution in [0.15, 0.2) is 30.3 Å². The van der Waals surface area contributed by atoms with Crippen molar-refractivity contribution in [2.24, 2.45) is 23.5 Å². The normalized spacial score (nSPS) is 17.4. The summed E-state index contributed by atoms with van der Waals surface area (Å²) in [6.45, 7) is 9.63. The molecule has 4 atom stereocenters. The minimum atomic E-state index is -0.926. The van der Waals surface area contributed by atoms with Gasteiger partial charge < -0.3 is 31.5 Å². The molecule has 1 saturated carbocycles. The molecule has 9 nitrogen and oxygen atoms in total. The molecule has 0 heterocycles. The van der Waals surface area contributed by atoms with E-state index < -0.39 is 35.8 Å². The van der Waals surface area contributed by atoms with Gasteiger partial charge in [0.25, 0.3) is 0 Å². The van der Waals surface area contributed by atoms with Gasteiger partial charge in [0, 0.05) is 6.42 Å². The molecule has 0 radical (unpaired) electrons. The predicted molar refractivity (Wildman–Crippen MR) is 157 cm³/mol. The molecule has 9 heteroatoms. The van der Waals surface area contributed by atoms with Crippen LogP contribution in [0, 0.1) is 17.8 Å². The van der Waals surface area contributed by atoms with Crippen molar-refractivity contribution in [3.63, 3.8) is 0 Å². The average molecular weight is 561 g/mol. The van der Waals surface area contributed by atoms with Crippen LogP contribution in [-0.2, 0) is 20.7 Å². The zero-order valence-electron chi connectivity index (χ0n) is 25.1. The van der Waals surface area contributed by atoms with E-state index in [0.717, 1.165) is 18.4 Å². The summed E-state index contributed by atoms with van der Waals surface area (Å²) in [4.78, 5) is 38.6. The smallest absolute Gasteiger partial charge is 0.408 e. The van der Waals surface area contributed by atoms with Crippen molar-refractivity contribution in [2.45, 2.75) is 110 Å². The third kappa shape index (κ3) is 12.7. The van der Waals surface area contributed by atoms with Gasteiger partial charge in [0.1, 0.15) is 11.6 Å². The van der Waals surface area contributed by atoms with Crippen LogP contribution in [-0.4, -0.2) is 59.9 Å². The Morgan fingerprint density at radius 2 is 1.70 bits per heavy atom. The van der Waals surface area contributed by atoms with E-state index in [1.54, 1.807) is 20.8 Å². The van der Waals surface area contributed by atoms with Crippen molar-refractivity contribution in [2.75, 3.05) is 13.1 Å². The highest BCUT2D eigenvalue weighted by atomic mass is 16.6. The number of nitrogens with two attached hydrogens (primary N) is 1. The molecule has 1 aliphatic rings. The molecule has 2 rings (SSSR count). The number of hydrogen-bond donors (Lipinski definition) is 5. The first kappa shape index (κ1) is 33.6. The van der Waals surface area contributed by atoms with Crippen LogP contribution >= 0.6 is 0 Å². The van der Waals surface area contributed by atoms with Gasteiger partial charge in [0.2, 0.25) is 11.8 Å². The zero-order chi connectivity index (χ0) is 29.7. The largest absolute Gasteiger partial charge is 0.444 e. The van der Waals surface area contributed by atoms with E-state index in [0.29, 0.717) is 31.2 Å². The topological polar surface area (TPSA) is 143 Å². The highest BCUT2D eigenvalue weighted by Gasteiger charge is 2.30. The SMILES string of the molecule is CC(C)[C@@H](CN)C[C@H](O)[C@H](CC1CCCCC1)NC(=O)CNC(=O)[C@H](Cc1ccccc1)NC(=O)OC(C)(C)C. The second-order valence-corrected chi connectivity index (χ2v) is 12.6. The quantitative estimate of drug-likeness (QED) is 0.235. The number of ether oxygens (including phenoxy) is 1. The molecule has 0 unspecified atom stereocenters. The molecular weight excluding hydrogens is 508 g/mol. The fourth-order valence-corrected chi connectivity index (χ4v) is 5.27. The Hall–Kier alpha value is -2.65. The zero-order valence-corrected chi connectivity index (χ0v) is 25.1. The molecule has 40 heavy (non-hydrogen) atoms. The van der Waals surface area contributed by atoms with Crippen molar-refractivity contribution >= 4 is 17.9 Å². The first-order chi connectivity index (χ1) is 18.9. The third-order valence-corrected chi connectivity index (χ3v) is 7.63. The number of carbonyl (C=O) groups is 3. The highest BCUT2D eigenvalue weighted by Crippen LogP contribution is 2.29. The van der Waals surface area contributed by atoms with Crippen molar-refractivity contribution in [3.05, 3.63) is 35.9 Å². The predicted octanol–water partition coefficient (Wildman–Crippen LogP) is 3.68. The molecule has 6 N–H and O–H groups in total. The average Bonchev–Trinajstić information content (AvgIpc) is 2.89. The molecule has 0 bridgehead atoms. The van der Waals surface area contributed by atoms with E-state index in [1.165, 1.54) is 19.3 Å². The Morgan fingerprint density at radius 1 is 1.05 bits per heavy atom. The van der Waals surface area contributed by atoms with E-state index in [9.17, 15) is 19.5 Å². The molecule has 1 fully saturated rings. The summed E-state index contributed by atoms with van der Waals surface area (Å²) in [5.41, 5.74) is 6.10. The fourth-order valence-electron chi connectivity index (χ4n) is 5.27. The summed E-state index contributed by atoms with van der Waals surface area (Å²) >= 11 is 0. The van der Waals surface area contributed by atoms with E-state index in [1.807, 2.05) is 30.3 Å². The maximum Gasteiger partial charge on any atom is 0.408 e. The van der Waals surface area contributed by atoms with Crippen LogP contribution in [0.5, 0.6) is 0 Å². The summed E-state index contributed by atoms with van der Waals surface area (Å²) in [5.74, 6) is 0.0594. The Kier molecular flexibility index (Phi) is 13.9. The van der Waals surface area contributed by atoms with Gasteiger partial charge >= 0.3 is 6.09 Å². The van der Waals surface area contributed by atoms with Gasteiger partial charge in [-0.3, -0.25) is 9.59 Å². The molecule has 3 amide bonds. The Labute approximate surface area is 240 Å². The molecule has 1 aliphatic carbocycles. The minimum absolute atomic E-state index is 0.151. The molecular formula is C31H52N4O5. The Bertz CT molecular complexity index is 912. The number of rotatable bonds is 14. The van der Waals surface area contributed by atoms with Crippen molar-refractivity contribution in [1.82, 2.24) is 16.0 Å². The number of nitrogens with one attached hydrogen (secondary N) is 3. The van der Waals surface area contributed by atoms with Gasteiger partial charge in [-0.05, 0) is 63.5 Å². The van der Waals surface area contributed by atoms with Crippen LogP contribution < -0.4 is 21.7 Å². The highest BCUT2D eigenvalue weighted by molar-refractivity contribution is 5.89. The van der Waals surface area contributed by atoms with Crippen LogP contribution in [0.1, 0.15) is 85.1 Å². The van der Waals surface area contributed by atoms with Crippen molar-refractivity contribution < 1.29 is 24.2 Å². The lowest BCUT2D eigenvalue weighted by Gasteiger charge is -2.32. The number of aliphatic hydroxyl groups is 1. The number of amides is 3. The number of aliphatic hydroxyl groups excluding tert-OH is 1. The summed E-state index contributed by atoms with van der Waals surface area (Å²) in [5, 5.41) is 19.4. The van der Waals surface area contributed by atoms with Gasteiger partial charge in [-0.2, -0.15) is 0 Å². The molecule has 1 aromatic carbocycles. The van der Waals surface area contributed by atoms with E-state index >= 15 is 0 Å². The first-order valence-corrected chi connectivity index (χ1v) is 14.9. The van der Waals surface area contributed by atoms with Gasteiger partial charge in [-0.1, -0.05) is 76.3 Å². The van der Waals surface area contributed by atoms with Crippen LogP contribution in [0.2, 0.25) is 0 Å². The molecule has 1 aromatic rings. The first-order valence-electron chi connectivity index (χ1n) is 14.9. The lowest BCUT2D eigenvalue weighted by molar-refractivity contribution is -0.128. The maximum absolute atomic E-state index is 13.1. The summed E-state index contributed by atoms with van der Waals surface area (Å²) in [7, 11) is 0. The monoisotopic (exact) mass is 560 g/mol. The lowest BCUT2D eigenvalue weighted by atomic mass is 9.81. The Morgan fingerprint density at radius 3 is 2.27 bits per heavy atom. The standard InChI is InChI=1S/C31H52N4O5/c1-21(2)24(19-32)18-27(36)25(16-22-12-8-6-9-13-22)34-28(37)20-33-29(38)26(17-23-14-10-7-11-15-23)35-30(39)40-31(3,4)5/h7,10-11,14-15,21-22,24-27,36H,6,8-9,12-13,16-20,32H2,1-5H3,(H,33,38)(H,34,37)(H,35,39)/t24-,25+,26+,27+/m1/s1. The number of benzene rings is 1. The Balaban J connectivity index is 2.04. The molecule has 0 saturated heterocycles. The second kappa shape index (κ2) is 16.6. The lowest BCUT2D eigenvalue weighted by Crippen LogP contribution is -2.53. The fraction of sp³-hybridized carbons (Fsp3) is 0.710. The van der Waals surface area contributed by atoms with Crippen LogP contribution in [0.3, 0.4) is 0 Å². The summed E-state index contributed by atoms with van der Waals surface area (Å²) in [6, 6.07) is 7.98. The van der Waals surface area contributed by atoms with Crippen LogP contribution in [0.25, 0.3) is 0 Å². The maximum atomic E-state index is 13.1. The van der Waals surface area contributed by atoms with Crippen molar-refractivity contribution in [1.29, 1.82) is 0 Å².